The summed E-state index contributed by atoms with van der Waals surface area (Å²) < 4.78 is 0. The Balaban J connectivity index is 2.52. The molecule has 2 N–H and O–H groups in total. The van der Waals surface area contributed by atoms with Gasteiger partial charge in [0.05, 0.1) is 0 Å². The molecule has 0 saturated heterocycles. The van der Waals surface area contributed by atoms with E-state index >= 15 is 0 Å². The van der Waals surface area contributed by atoms with Gasteiger partial charge in [-0.15, -0.1) is 0 Å². The second kappa shape index (κ2) is 7.87. The number of aryl methyl sites for hydroxylation is 1. The van der Waals surface area contributed by atoms with Crippen LogP contribution in [0.2, 0.25) is 0 Å². The van der Waals surface area contributed by atoms with Crippen molar-refractivity contribution in [3.8, 4) is 0 Å². The molecule has 0 fully saturated rings. The first kappa shape index (κ1) is 17.3. The number of hydrogen-bond acceptors (Lipinski definition) is 1. The predicted molar refractivity (Wildman–Crippen MR) is 90.4 cm³/mol. The summed E-state index contributed by atoms with van der Waals surface area (Å²) >= 11 is 0. The highest BCUT2D eigenvalue weighted by Crippen LogP contribution is 2.23. The summed E-state index contributed by atoms with van der Waals surface area (Å²) in [6.07, 6.45) is 5.26. The molecule has 1 rings (SSSR count). The van der Waals surface area contributed by atoms with Crippen LogP contribution in [0.15, 0.2) is 36.0 Å². The molecule has 0 unspecified atom stereocenters. The van der Waals surface area contributed by atoms with Crippen molar-refractivity contribution in [2.24, 2.45) is 5.41 Å². The van der Waals surface area contributed by atoms with E-state index in [1.165, 1.54) is 18.4 Å². The lowest BCUT2D eigenvalue weighted by atomic mass is 9.88. The second-order valence-corrected chi connectivity index (χ2v) is 6.48. The Labute approximate surface area is 128 Å². The molecule has 1 aromatic rings. The molecular weight excluding hydrogens is 260 g/mol. The quantitative estimate of drug-likeness (QED) is 0.777. The average Bonchev–Trinajstić information content (AvgIpc) is 2.43. The van der Waals surface area contributed by atoms with Gasteiger partial charge in [0.25, 0.3) is 0 Å². The zero-order valence-corrected chi connectivity index (χ0v) is 13.9. The number of allylic oxidation sites excluding steroid dienone is 1. The van der Waals surface area contributed by atoms with Gasteiger partial charge in [-0.1, -0.05) is 51.8 Å². The molecule has 0 heterocycles. The van der Waals surface area contributed by atoms with Gasteiger partial charge in [-0.05, 0) is 42.9 Å². The number of carbonyl (C=O) groups is 1. The van der Waals surface area contributed by atoms with E-state index in [2.05, 4.69) is 50.5 Å². The number of urea groups is 1. The predicted octanol–water partition coefficient (Wildman–Crippen LogP) is 5.10. The van der Waals surface area contributed by atoms with Crippen molar-refractivity contribution in [2.75, 3.05) is 5.32 Å². The van der Waals surface area contributed by atoms with Gasteiger partial charge in [-0.25, -0.2) is 4.79 Å². The molecule has 0 aromatic heterocycles. The number of hydrogen-bond donors (Lipinski definition) is 2. The number of anilines is 1. The lowest BCUT2D eigenvalue weighted by molar-refractivity contribution is 0.255. The fourth-order valence-corrected chi connectivity index (χ4v) is 1.69. The Kier molecular flexibility index (Phi) is 6.47. The molecule has 3 heteroatoms. The summed E-state index contributed by atoms with van der Waals surface area (Å²) in [6, 6.07) is 7.83. The first-order valence-electron chi connectivity index (χ1n) is 7.66. The highest BCUT2D eigenvalue weighted by Gasteiger charge is 2.12. The zero-order chi connectivity index (χ0) is 15.9. The second-order valence-electron chi connectivity index (χ2n) is 6.48. The molecule has 0 aliphatic rings. The van der Waals surface area contributed by atoms with E-state index in [-0.39, 0.29) is 11.4 Å². The number of benzene rings is 1. The van der Waals surface area contributed by atoms with E-state index in [4.69, 9.17) is 0 Å². The molecule has 0 aliphatic carbocycles. The summed E-state index contributed by atoms with van der Waals surface area (Å²) in [4.78, 5) is 11.8. The SMILES string of the molecule is CCCCc1ccc(NC(=O)N/C=C(\C)C(C)(C)C)cc1. The Morgan fingerprint density at radius 2 is 1.81 bits per heavy atom. The summed E-state index contributed by atoms with van der Waals surface area (Å²) in [6.45, 7) is 10.6. The standard InChI is InChI=1S/C18H28N2O/c1-6-7-8-15-9-11-16(12-10-15)20-17(21)19-13-14(2)18(3,4)5/h9-13H,6-8H2,1-5H3,(H2,19,20,21)/b14-13+. The van der Waals surface area contributed by atoms with Gasteiger partial charge in [-0.2, -0.15) is 0 Å². The van der Waals surface area contributed by atoms with Gasteiger partial charge in [0, 0.05) is 11.9 Å². The van der Waals surface area contributed by atoms with Crippen LogP contribution >= 0.6 is 0 Å². The highest BCUT2D eigenvalue weighted by atomic mass is 16.2. The van der Waals surface area contributed by atoms with Gasteiger partial charge < -0.3 is 10.6 Å². The summed E-state index contributed by atoms with van der Waals surface area (Å²) in [5, 5.41) is 5.61. The molecule has 2 amide bonds. The summed E-state index contributed by atoms with van der Waals surface area (Å²) in [5.74, 6) is 0. The number of unbranched alkanes of at least 4 members (excludes halogenated alkanes) is 1. The van der Waals surface area contributed by atoms with Gasteiger partial charge in [0.1, 0.15) is 0 Å². The molecule has 21 heavy (non-hydrogen) atoms. The maximum Gasteiger partial charge on any atom is 0.323 e. The number of carbonyl (C=O) groups excluding carboxylic acids is 1. The molecule has 0 radical (unpaired) electrons. The van der Waals surface area contributed by atoms with E-state index in [0.29, 0.717) is 0 Å². The van der Waals surface area contributed by atoms with Crippen molar-refractivity contribution < 1.29 is 4.79 Å². The fourth-order valence-electron chi connectivity index (χ4n) is 1.69. The van der Waals surface area contributed by atoms with E-state index < -0.39 is 0 Å². The smallest absolute Gasteiger partial charge is 0.314 e. The molecule has 0 bridgehead atoms. The molecular formula is C18H28N2O. The topological polar surface area (TPSA) is 41.1 Å². The Morgan fingerprint density at radius 3 is 2.33 bits per heavy atom. The minimum atomic E-state index is -0.208. The van der Waals surface area contributed by atoms with E-state index in [1.54, 1.807) is 6.20 Å². The van der Waals surface area contributed by atoms with Crippen molar-refractivity contribution in [2.45, 2.75) is 53.9 Å². The van der Waals surface area contributed by atoms with Crippen LogP contribution in [0.25, 0.3) is 0 Å². The normalized spacial score (nSPS) is 12.1. The summed E-state index contributed by atoms with van der Waals surface area (Å²) in [5.41, 5.74) is 3.32. The van der Waals surface area contributed by atoms with Gasteiger partial charge in [0.15, 0.2) is 0 Å². The zero-order valence-electron chi connectivity index (χ0n) is 13.9. The molecule has 0 spiro atoms. The molecule has 1 aromatic carbocycles. The molecule has 3 nitrogen and oxygen atoms in total. The maximum atomic E-state index is 11.8. The highest BCUT2D eigenvalue weighted by molar-refractivity contribution is 5.89. The van der Waals surface area contributed by atoms with Crippen molar-refractivity contribution in [3.05, 3.63) is 41.6 Å². The number of nitrogens with one attached hydrogen (secondary N) is 2. The van der Waals surface area contributed by atoms with Gasteiger partial charge >= 0.3 is 6.03 Å². The van der Waals surface area contributed by atoms with Crippen LogP contribution in [-0.2, 0) is 6.42 Å². The molecule has 0 aliphatic heterocycles. The van der Waals surface area contributed by atoms with Crippen LogP contribution in [0.5, 0.6) is 0 Å². The first-order chi connectivity index (χ1) is 9.82. The van der Waals surface area contributed by atoms with Crippen LogP contribution in [-0.4, -0.2) is 6.03 Å². The Bertz CT molecular complexity index is 481. The monoisotopic (exact) mass is 288 g/mol. The minimum Gasteiger partial charge on any atom is -0.314 e. The van der Waals surface area contributed by atoms with Crippen LogP contribution < -0.4 is 10.6 Å². The Morgan fingerprint density at radius 1 is 1.19 bits per heavy atom. The fraction of sp³-hybridized carbons (Fsp3) is 0.500. The van der Waals surface area contributed by atoms with Gasteiger partial charge in [0.2, 0.25) is 0 Å². The molecule has 116 valence electrons. The van der Waals surface area contributed by atoms with Crippen LogP contribution in [0.3, 0.4) is 0 Å². The average molecular weight is 288 g/mol. The number of rotatable bonds is 5. The van der Waals surface area contributed by atoms with E-state index in [0.717, 1.165) is 17.7 Å². The van der Waals surface area contributed by atoms with Gasteiger partial charge in [-0.3, -0.25) is 0 Å². The summed E-state index contributed by atoms with van der Waals surface area (Å²) in [7, 11) is 0. The molecule has 0 saturated carbocycles. The largest absolute Gasteiger partial charge is 0.323 e. The van der Waals surface area contributed by atoms with Crippen LogP contribution in [0.1, 0.15) is 53.0 Å². The Hall–Kier alpha value is -1.77. The van der Waals surface area contributed by atoms with Crippen molar-refractivity contribution in [3.63, 3.8) is 0 Å². The van der Waals surface area contributed by atoms with Crippen LogP contribution in [0, 0.1) is 5.41 Å². The third-order valence-electron chi connectivity index (χ3n) is 3.63. The van der Waals surface area contributed by atoms with Crippen molar-refractivity contribution in [1.82, 2.24) is 5.32 Å². The lowest BCUT2D eigenvalue weighted by Gasteiger charge is -2.19. The minimum absolute atomic E-state index is 0.0637. The van der Waals surface area contributed by atoms with Crippen molar-refractivity contribution >= 4 is 11.7 Å². The van der Waals surface area contributed by atoms with E-state index in [9.17, 15) is 4.79 Å². The maximum absolute atomic E-state index is 11.8. The lowest BCUT2D eigenvalue weighted by Crippen LogP contribution is -2.25. The number of amides is 2. The third-order valence-corrected chi connectivity index (χ3v) is 3.63. The first-order valence-corrected chi connectivity index (χ1v) is 7.66. The van der Waals surface area contributed by atoms with Crippen molar-refractivity contribution in [1.29, 1.82) is 0 Å². The third kappa shape index (κ3) is 6.48. The molecule has 0 atom stereocenters. The van der Waals surface area contributed by atoms with E-state index in [1.807, 2.05) is 19.1 Å². The van der Waals surface area contributed by atoms with Crippen LogP contribution in [0.4, 0.5) is 10.5 Å².